The first kappa shape index (κ1) is 10.1. The van der Waals surface area contributed by atoms with Crippen molar-refractivity contribution in [3.8, 4) is 0 Å². The second kappa shape index (κ2) is 4.28. The molecule has 1 aromatic carbocycles. The Morgan fingerprint density at radius 2 is 2.08 bits per heavy atom. The molecule has 0 spiro atoms. The van der Waals surface area contributed by atoms with Crippen LogP contribution < -0.4 is 4.90 Å². The molecule has 0 bridgehead atoms. The standard InChI is InChI=1S/C11H17NO/c1-4-12(3)11-6-5-10(8-13)7-9(11)2/h5-7,13H,4,8H2,1-3H3. The number of aliphatic hydroxyl groups is 1. The Kier molecular flexibility index (Phi) is 3.32. The van der Waals surface area contributed by atoms with E-state index in [1.807, 2.05) is 12.1 Å². The summed E-state index contributed by atoms with van der Waals surface area (Å²) < 4.78 is 0. The fourth-order valence-corrected chi connectivity index (χ4v) is 1.41. The van der Waals surface area contributed by atoms with Crippen LogP contribution in [0, 0.1) is 6.92 Å². The van der Waals surface area contributed by atoms with Crippen LogP contribution in [0.2, 0.25) is 0 Å². The Balaban J connectivity index is 2.98. The second-order valence-electron chi connectivity index (χ2n) is 3.29. The minimum atomic E-state index is 0.122. The summed E-state index contributed by atoms with van der Waals surface area (Å²) in [4.78, 5) is 2.19. The molecule has 1 aromatic rings. The summed E-state index contributed by atoms with van der Waals surface area (Å²) in [5, 5.41) is 8.94. The lowest BCUT2D eigenvalue weighted by Crippen LogP contribution is -2.16. The zero-order valence-corrected chi connectivity index (χ0v) is 8.54. The first-order valence-corrected chi connectivity index (χ1v) is 4.60. The van der Waals surface area contributed by atoms with E-state index >= 15 is 0 Å². The van der Waals surface area contributed by atoms with Crippen LogP contribution in [0.4, 0.5) is 5.69 Å². The molecule has 0 saturated heterocycles. The van der Waals surface area contributed by atoms with Gasteiger partial charge >= 0.3 is 0 Å². The zero-order valence-electron chi connectivity index (χ0n) is 8.54. The van der Waals surface area contributed by atoms with Crippen LogP contribution in [-0.2, 0) is 6.61 Å². The van der Waals surface area contributed by atoms with Gasteiger partial charge in [0.15, 0.2) is 0 Å². The monoisotopic (exact) mass is 179 g/mol. The highest BCUT2D eigenvalue weighted by Crippen LogP contribution is 2.19. The minimum Gasteiger partial charge on any atom is -0.392 e. The Morgan fingerprint density at radius 3 is 2.54 bits per heavy atom. The minimum absolute atomic E-state index is 0.122. The lowest BCUT2D eigenvalue weighted by Gasteiger charge is -2.19. The molecule has 0 amide bonds. The summed E-state index contributed by atoms with van der Waals surface area (Å²) in [6.45, 7) is 5.32. The van der Waals surface area contributed by atoms with Crippen molar-refractivity contribution in [3.63, 3.8) is 0 Å². The Hall–Kier alpha value is -1.02. The van der Waals surface area contributed by atoms with Crippen molar-refractivity contribution in [3.05, 3.63) is 29.3 Å². The van der Waals surface area contributed by atoms with Crippen LogP contribution in [0.25, 0.3) is 0 Å². The van der Waals surface area contributed by atoms with Gasteiger partial charge in [-0.05, 0) is 31.0 Å². The Bertz CT molecular complexity index is 283. The van der Waals surface area contributed by atoms with Gasteiger partial charge in [0, 0.05) is 19.3 Å². The maximum Gasteiger partial charge on any atom is 0.0681 e. The molecule has 1 rings (SSSR count). The molecule has 0 fully saturated rings. The molecule has 0 atom stereocenters. The highest BCUT2D eigenvalue weighted by Gasteiger charge is 2.02. The number of rotatable bonds is 3. The molecule has 0 radical (unpaired) electrons. The lowest BCUT2D eigenvalue weighted by atomic mass is 10.1. The summed E-state index contributed by atoms with van der Waals surface area (Å²) in [6, 6.07) is 6.06. The van der Waals surface area contributed by atoms with E-state index < -0.39 is 0 Å². The fourth-order valence-electron chi connectivity index (χ4n) is 1.41. The molecule has 13 heavy (non-hydrogen) atoms. The highest BCUT2D eigenvalue weighted by atomic mass is 16.3. The molecule has 0 saturated carbocycles. The summed E-state index contributed by atoms with van der Waals surface area (Å²) in [5.74, 6) is 0. The smallest absolute Gasteiger partial charge is 0.0681 e. The Labute approximate surface area is 79.8 Å². The van der Waals surface area contributed by atoms with Gasteiger partial charge in [-0.15, -0.1) is 0 Å². The van der Waals surface area contributed by atoms with Crippen molar-refractivity contribution < 1.29 is 5.11 Å². The molecule has 0 aliphatic carbocycles. The number of benzene rings is 1. The van der Waals surface area contributed by atoms with E-state index in [0.717, 1.165) is 12.1 Å². The molecular weight excluding hydrogens is 162 g/mol. The number of aryl methyl sites for hydroxylation is 1. The largest absolute Gasteiger partial charge is 0.392 e. The maximum absolute atomic E-state index is 8.94. The van der Waals surface area contributed by atoms with Crippen molar-refractivity contribution >= 4 is 5.69 Å². The van der Waals surface area contributed by atoms with E-state index in [-0.39, 0.29) is 6.61 Å². The van der Waals surface area contributed by atoms with Crippen molar-refractivity contribution in [1.82, 2.24) is 0 Å². The van der Waals surface area contributed by atoms with Gasteiger partial charge in [-0.25, -0.2) is 0 Å². The van der Waals surface area contributed by atoms with Gasteiger partial charge in [-0.2, -0.15) is 0 Å². The van der Waals surface area contributed by atoms with Gasteiger partial charge in [0.25, 0.3) is 0 Å². The number of hydrogen-bond acceptors (Lipinski definition) is 2. The molecule has 0 unspecified atom stereocenters. The molecule has 72 valence electrons. The highest BCUT2D eigenvalue weighted by molar-refractivity contribution is 5.53. The average molecular weight is 179 g/mol. The van der Waals surface area contributed by atoms with E-state index in [2.05, 4.69) is 31.9 Å². The average Bonchev–Trinajstić information content (AvgIpc) is 2.16. The molecule has 1 N–H and O–H groups in total. The first-order valence-electron chi connectivity index (χ1n) is 4.60. The van der Waals surface area contributed by atoms with Crippen molar-refractivity contribution in [1.29, 1.82) is 0 Å². The molecule has 2 nitrogen and oxygen atoms in total. The second-order valence-corrected chi connectivity index (χ2v) is 3.29. The van der Waals surface area contributed by atoms with E-state index in [1.165, 1.54) is 11.3 Å². The van der Waals surface area contributed by atoms with Crippen molar-refractivity contribution in [2.24, 2.45) is 0 Å². The fraction of sp³-hybridized carbons (Fsp3) is 0.455. The van der Waals surface area contributed by atoms with Crippen LogP contribution in [0.15, 0.2) is 18.2 Å². The van der Waals surface area contributed by atoms with Crippen LogP contribution >= 0.6 is 0 Å². The number of anilines is 1. The van der Waals surface area contributed by atoms with E-state index in [9.17, 15) is 0 Å². The van der Waals surface area contributed by atoms with E-state index in [1.54, 1.807) is 0 Å². The van der Waals surface area contributed by atoms with E-state index in [0.29, 0.717) is 0 Å². The molecule has 0 aliphatic heterocycles. The normalized spacial score (nSPS) is 10.2. The summed E-state index contributed by atoms with van der Waals surface area (Å²) in [7, 11) is 2.07. The zero-order chi connectivity index (χ0) is 9.84. The van der Waals surface area contributed by atoms with Gasteiger partial charge in [-0.3, -0.25) is 0 Å². The van der Waals surface area contributed by atoms with Crippen LogP contribution in [-0.4, -0.2) is 18.7 Å². The van der Waals surface area contributed by atoms with Crippen molar-refractivity contribution in [2.75, 3.05) is 18.5 Å². The number of hydrogen-bond donors (Lipinski definition) is 1. The molecule has 0 heterocycles. The topological polar surface area (TPSA) is 23.5 Å². The third-order valence-corrected chi connectivity index (χ3v) is 2.33. The third kappa shape index (κ3) is 2.22. The molecule has 0 aliphatic rings. The van der Waals surface area contributed by atoms with Crippen molar-refractivity contribution in [2.45, 2.75) is 20.5 Å². The molecule has 0 aromatic heterocycles. The van der Waals surface area contributed by atoms with Gasteiger partial charge in [0.1, 0.15) is 0 Å². The number of aliphatic hydroxyl groups excluding tert-OH is 1. The van der Waals surface area contributed by atoms with Gasteiger partial charge in [-0.1, -0.05) is 12.1 Å². The summed E-state index contributed by atoms with van der Waals surface area (Å²) in [6.07, 6.45) is 0. The van der Waals surface area contributed by atoms with Gasteiger partial charge < -0.3 is 10.0 Å². The SMILES string of the molecule is CCN(C)c1ccc(CO)cc1C. The first-order chi connectivity index (χ1) is 6.19. The maximum atomic E-state index is 8.94. The van der Waals surface area contributed by atoms with E-state index in [4.69, 9.17) is 5.11 Å². The predicted octanol–water partition coefficient (Wildman–Crippen LogP) is 1.94. The summed E-state index contributed by atoms with van der Waals surface area (Å²) in [5.41, 5.74) is 3.43. The van der Waals surface area contributed by atoms with Crippen LogP contribution in [0.1, 0.15) is 18.1 Å². The quantitative estimate of drug-likeness (QED) is 0.766. The molecular formula is C11H17NO. The summed E-state index contributed by atoms with van der Waals surface area (Å²) >= 11 is 0. The number of nitrogens with zero attached hydrogens (tertiary/aromatic N) is 1. The van der Waals surface area contributed by atoms with Gasteiger partial charge in [0.05, 0.1) is 6.61 Å². The third-order valence-electron chi connectivity index (χ3n) is 2.33. The van der Waals surface area contributed by atoms with Crippen LogP contribution in [0.3, 0.4) is 0 Å². The lowest BCUT2D eigenvalue weighted by molar-refractivity contribution is 0.282. The molecule has 2 heteroatoms. The van der Waals surface area contributed by atoms with Gasteiger partial charge in [0.2, 0.25) is 0 Å². The van der Waals surface area contributed by atoms with Crippen LogP contribution in [0.5, 0.6) is 0 Å². The predicted molar refractivity (Wildman–Crippen MR) is 56.0 cm³/mol. The Morgan fingerprint density at radius 1 is 1.38 bits per heavy atom.